The number of aromatic hydroxyl groups is 2. The highest BCUT2D eigenvalue weighted by Gasteiger charge is 2.10. The Kier molecular flexibility index (Phi) is 6.77. The van der Waals surface area contributed by atoms with Gasteiger partial charge >= 0.3 is 11.9 Å². The van der Waals surface area contributed by atoms with E-state index >= 15 is 0 Å². The number of carboxylic acids is 2. The molecule has 0 aliphatic heterocycles. The topological polar surface area (TPSA) is 144 Å². The van der Waals surface area contributed by atoms with Gasteiger partial charge in [-0.25, -0.2) is 4.79 Å². The summed E-state index contributed by atoms with van der Waals surface area (Å²) in [5, 5.41) is 37.0. The number of amides is 1. The van der Waals surface area contributed by atoms with Gasteiger partial charge in [0.05, 0.1) is 5.56 Å². The van der Waals surface area contributed by atoms with Crippen molar-refractivity contribution in [3.63, 3.8) is 0 Å². The van der Waals surface area contributed by atoms with Gasteiger partial charge in [0.25, 0.3) is 5.91 Å². The minimum atomic E-state index is -1.13. The van der Waals surface area contributed by atoms with Gasteiger partial charge in [-0.2, -0.15) is 0 Å². The Bertz CT molecular complexity index is 743. The van der Waals surface area contributed by atoms with Crippen molar-refractivity contribution < 1.29 is 34.8 Å². The third-order valence-electron chi connectivity index (χ3n) is 2.68. The molecule has 0 radical (unpaired) electrons. The minimum Gasteiger partial charge on any atom is -0.507 e. The molecule has 1 amide bonds. The molecule has 0 atom stereocenters. The van der Waals surface area contributed by atoms with Crippen molar-refractivity contribution in [2.45, 2.75) is 0 Å². The Balaban J connectivity index is 0.000000254. The molecule has 126 valence electrons. The molecule has 2 aromatic carbocycles. The van der Waals surface area contributed by atoms with Crippen molar-refractivity contribution in [3.8, 4) is 11.5 Å². The lowest BCUT2D eigenvalue weighted by molar-refractivity contribution is -0.135. The van der Waals surface area contributed by atoms with Gasteiger partial charge in [0.15, 0.2) is 0 Å². The summed E-state index contributed by atoms with van der Waals surface area (Å²) in [5.74, 6) is -3.22. The van der Waals surface area contributed by atoms with E-state index in [1.807, 2.05) is 0 Å². The quantitative estimate of drug-likeness (QED) is 0.567. The number of aliphatic carboxylic acids is 1. The summed E-state index contributed by atoms with van der Waals surface area (Å²) in [7, 11) is 0. The highest BCUT2D eigenvalue weighted by Crippen LogP contribution is 2.15. The Labute approximate surface area is 136 Å². The van der Waals surface area contributed by atoms with E-state index in [2.05, 4.69) is 5.32 Å². The number of carbonyl (C=O) groups is 3. The molecule has 0 aromatic heterocycles. The summed E-state index contributed by atoms with van der Waals surface area (Å²) in [6.07, 6.45) is 0. The van der Waals surface area contributed by atoms with E-state index in [0.29, 0.717) is 0 Å². The Morgan fingerprint density at radius 3 is 1.62 bits per heavy atom. The summed E-state index contributed by atoms with van der Waals surface area (Å²) in [6.45, 7) is -0.465. The standard InChI is InChI=1S/C9H9NO4.C7H6O3/c11-7-4-2-1-3-6(7)9(14)10-5-8(12)13;8-6-4-2-1-3-5(6)7(9)10/h1-4,11H,5H2,(H,10,14)(H,12,13);1-4,8H,(H,9,10). The van der Waals surface area contributed by atoms with E-state index in [1.165, 1.54) is 24.3 Å². The van der Waals surface area contributed by atoms with Crippen LogP contribution in [0.3, 0.4) is 0 Å². The largest absolute Gasteiger partial charge is 0.507 e. The molecule has 0 aliphatic rings. The molecule has 24 heavy (non-hydrogen) atoms. The normalized spacial score (nSPS) is 9.33. The maximum Gasteiger partial charge on any atom is 0.339 e. The first-order chi connectivity index (χ1) is 11.3. The Morgan fingerprint density at radius 2 is 1.25 bits per heavy atom. The number of hydrogen-bond donors (Lipinski definition) is 5. The van der Waals surface area contributed by atoms with Gasteiger partial charge in [-0.3, -0.25) is 9.59 Å². The van der Waals surface area contributed by atoms with Crippen LogP contribution >= 0.6 is 0 Å². The van der Waals surface area contributed by atoms with Gasteiger partial charge in [0.1, 0.15) is 23.6 Å². The maximum atomic E-state index is 11.2. The van der Waals surface area contributed by atoms with Crippen molar-refractivity contribution in [1.29, 1.82) is 0 Å². The van der Waals surface area contributed by atoms with Crippen LogP contribution in [0.25, 0.3) is 0 Å². The maximum absolute atomic E-state index is 11.2. The Morgan fingerprint density at radius 1 is 0.792 bits per heavy atom. The lowest BCUT2D eigenvalue weighted by Crippen LogP contribution is -2.29. The average Bonchev–Trinajstić information content (AvgIpc) is 2.54. The van der Waals surface area contributed by atoms with E-state index in [-0.39, 0.29) is 22.6 Å². The number of rotatable bonds is 4. The van der Waals surface area contributed by atoms with Crippen LogP contribution in [-0.4, -0.2) is 44.8 Å². The second-order valence-electron chi connectivity index (χ2n) is 4.42. The number of nitrogens with one attached hydrogen (secondary N) is 1. The van der Waals surface area contributed by atoms with Crippen LogP contribution in [0.15, 0.2) is 48.5 Å². The first kappa shape index (κ1) is 18.5. The van der Waals surface area contributed by atoms with Crippen LogP contribution in [0, 0.1) is 0 Å². The zero-order chi connectivity index (χ0) is 18.1. The smallest absolute Gasteiger partial charge is 0.339 e. The number of hydrogen-bond acceptors (Lipinski definition) is 5. The molecule has 2 rings (SSSR count). The van der Waals surface area contributed by atoms with Crippen LogP contribution in [0.1, 0.15) is 20.7 Å². The van der Waals surface area contributed by atoms with Crippen LogP contribution in [-0.2, 0) is 4.79 Å². The second kappa shape index (κ2) is 8.79. The van der Waals surface area contributed by atoms with E-state index in [4.69, 9.17) is 15.3 Å². The molecule has 0 saturated heterocycles. The van der Waals surface area contributed by atoms with Crippen molar-refractivity contribution in [1.82, 2.24) is 5.32 Å². The van der Waals surface area contributed by atoms with Crippen molar-refractivity contribution in [2.75, 3.05) is 6.54 Å². The predicted molar refractivity (Wildman–Crippen MR) is 83.1 cm³/mol. The van der Waals surface area contributed by atoms with Crippen LogP contribution < -0.4 is 5.32 Å². The second-order valence-corrected chi connectivity index (χ2v) is 4.42. The fourth-order valence-electron chi connectivity index (χ4n) is 1.57. The average molecular weight is 333 g/mol. The number of phenols is 2. The van der Waals surface area contributed by atoms with Crippen molar-refractivity contribution in [3.05, 3.63) is 59.7 Å². The van der Waals surface area contributed by atoms with Gasteiger partial charge in [-0.15, -0.1) is 0 Å². The molecule has 8 nitrogen and oxygen atoms in total. The van der Waals surface area contributed by atoms with Gasteiger partial charge in [0.2, 0.25) is 0 Å². The highest BCUT2D eigenvalue weighted by atomic mass is 16.4. The summed E-state index contributed by atoms with van der Waals surface area (Å²) < 4.78 is 0. The van der Waals surface area contributed by atoms with Crippen molar-refractivity contribution in [2.24, 2.45) is 0 Å². The molecule has 0 saturated carbocycles. The Hall–Kier alpha value is -3.55. The van der Waals surface area contributed by atoms with Gasteiger partial charge in [-0.05, 0) is 24.3 Å². The van der Waals surface area contributed by atoms with E-state index in [1.54, 1.807) is 24.3 Å². The SMILES string of the molecule is O=C(O)CNC(=O)c1ccccc1O.O=C(O)c1ccccc1O. The molecule has 5 N–H and O–H groups in total. The molecule has 0 unspecified atom stereocenters. The summed E-state index contributed by atoms with van der Waals surface area (Å²) >= 11 is 0. The minimum absolute atomic E-state index is 0.0637. The molecular weight excluding hydrogens is 318 g/mol. The zero-order valence-corrected chi connectivity index (χ0v) is 12.3. The first-order valence-corrected chi connectivity index (χ1v) is 6.62. The number of carboxylic acid groups (broad SMARTS) is 2. The number of para-hydroxylation sites is 2. The fraction of sp³-hybridized carbons (Fsp3) is 0.0625. The molecular formula is C16H15NO7. The predicted octanol–water partition coefficient (Wildman–Crippen LogP) is 1.30. The summed E-state index contributed by atoms with van der Waals surface area (Å²) in [6, 6.07) is 11.7. The number of aromatic carboxylic acids is 1. The fourth-order valence-corrected chi connectivity index (χ4v) is 1.57. The van der Waals surface area contributed by atoms with Gasteiger partial charge in [0, 0.05) is 0 Å². The highest BCUT2D eigenvalue weighted by molar-refractivity contribution is 5.98. The van der Waals surface area contributed by atoms with E-state index < -0.39 is 24.4 Å². The van der Waals surface area contributed by atoms with Crippen LogP contribution in [0.5, 0.6) is 11.5 Å². The molecule has 0 spiro atoms. The number of phenolic OH excluding ortho intramolecular Hbond substituents is 1. The van der Waals surface area contributed by atoms with Crippen LogP contribution in [0.2, 0.25) is 0 Å². The molecule has 0 fully saturated rings. The third-order valence-corrected chi connectivity index (χ3v) is 2.68. The third kappa shape index (κ3) is 5.68. The van der Waals surface area contributed by atoms with E-state index in [0.717, 1.165) is 0 Å². The number of carbonyl (C=O) groups excluding carboxylic acids is 1. The number of benzene rings is 2. The lowest BCUT2D eigenvalue weighted by atomic mass is 10.2. The first-order valence-electron chi connectivity index (χ1n) is 6.62. The van der Waals surface area contributed by atoms with Gasteiger partial charge < -0.3 is 25.7 Å². The molecule has 0 aliphatic carbocycles. The molecule has 0 heterocycles. The molecule has 0 bridgehead atoms. The van der Waals surface area contributed by atoms with Gasteiger partial charge in [-0.1, -0.05) is 24.3 Å². The van der Waals surface area contributed by atoms with Crippen LogP contribution in [0.4, 0.5) is 0 Å². The van der Waals surface area contributed by atoms with Crippen molar-refractivity contribution >= 4 is 17.8 Å². The summed E-state index contributed by atoms with van der Waals surface area (Å²) in [4.78, 5) is 31.6. The summed E-state index contributed by atoms with van der Waals surface area (Å²) in [5.41, 5.74) is -0.00347. The van der Waals surface area contributed by atoms with E-state index in [9.17, 15) is 19.5 Å². The lowest BCUT2D eigenvalue weighted by Gasteiger charge is -2.03. The monoisotopic (exact) mass is 333 g/mol. The zero-order valence-electron chi connectivity index (χ0n) is 12.3. The molecule has 8 heteroatoms. The molecule has 2 aromatic rings.